The minimum Gasteiger partial charge on any atom is -0.504 e. The van der Waals surface area contributed by atoms with Gasteiger partial charge in [-0.05, 0) is 47.7 Å². The van der Waals surface area contributed by atoms with Crippen LogP contribution in [0.4, 0.5) is 0 Å². The monoisotopic (exact) mass is 419 g/mol. The number of methoxy groups -OCH3 is 1. The Hall–Kier alpha value is -3.59. The van der Waals surface area contributed by atoms with Gasteiger partial charge in [0.15, 0.2) is 23.0 Å². The number of hydrogen-bond acceptors (Lipinski definition) is 8. The Morgan fingerprint density at radius 1 is 1.16 bits per heavy atom. The van der Waals surface area contributed by atoms with E-state index in [-0.39, 0.29) is 18.6 Å². The van der Waals surface area contributed by atoms with Gasteiger partial charge in [-0.25, -0.2) is 4.68 Å². The number of phenolic OH excluding ortho intramolecular Hbond substituents is 1. The zero-order chi connectivity index (χ0) is 20.9. The summed E-state index contributed by atoms with van der Waals surface area (Å²) >= 11 is 0. The molecular weight excluding hydrogens is 398 g/mol. The maximum absolute atomic E-state index is 10.9. The fourth-order valence-electron chi connectivity index (χ4n) is 4.80. The van der Waals surface area contributed by atoms with Crippen LogP contribution in [0.25, 0.3) is 0 Å². The lowest BCUT2D eigenvalue weighted by molar-refractivity contribution is 0.157. The van der Waals surface area contributed by atoms with Crippen molar-refractivity contribution in [2.75, 3.05) is 20.4 Å². The number of nitrogens with zero attached hydrogens (tertiary/aromatic N) is 5. The van der Waals surface area contributed by atoms with Gasteiger partial charge in [-0.3, -0.25) is 4.90 Å². The third kappa shape index (κ3) is 2.92. The van der Waals surface area contributed by atoms with Gasteiger partial charge in [0.05, 0.1) is 13.3 Å². The molecule has 6 rings (SSSR count). The standard InChI is InChI=1S/C22H21N5O4/c1-29-21-5-14(8-25-27-10-23-24-11-27)15-6-18-16-7-20-19(30-12-31-20)4-13(16)2-3-26(18)9-17(15)22(21)28/h4-5,7-8,10-11,18,28H,2-3,6,9,12H2,1H3/b25-8+. The molecule has 3 aromatic rings. The van der Waals surface area contributed by atoms with Crippen LogP contribution in [0.5, 0.6) is 23.0 Å². The summed E-state index contributed by atoms with van der Waals surface area (Å²) in [5, 5.41) is 22.9. The highest BCUT2D eigenvalue weighted by Gasteiger charge is 2.36. The van der Waals surface area contributed by atoms with Gasteiger partial charge in [-0.1, -0.05) is 0 Å². The molecular formula is C22H21N5O4. The van der Waals surface area contributed by atoms with Gasteiger partial charge in [0.25, 0.3) is 0 Å². The molecule has 0 spiro atoms. The number of fused-ring (bicyclic) bond motifs is 5. The maximum atomic E-state index is 10.9. The van der Waals surface area contributed by atoms with Crippen LogP contribution >= 0.6 is 0 Å². The summed E-state index contributed by atoms with van der Waals surface area (Å²) in [7, 11) is 1.56. The fourth-order valence-corrected chi connectivity index (χ4v) is 4.80. The average molecular weight is 419 g/mol. The summed E-state index contributed by atoms with van der Waals surface area (Å²) in [5.41, 5.74) is 5.43. The van der Waals surface area contributed by atoms with E-state index in [1.807, 2.05) is 6.07 Å². The van der Waals surface area contributed by atoms with Crippen molar-refractivity contribution in [2.45, 2.75) is 25.4 Å². The van der Waals surface area contributed by atoms with Crippen molar-refractivity contribution in [3.63, 3.8) is 0 Å². The quantitative estimate of drug-likeness (QED) is 0.651. The van der Waals surface area contributed by atoms with Crippen LogP contribution in [0.1, 0.15) is 33.9 Å². The van der Waals surface area contributed by atoms with E-state index in [4.69, 9.17) is 14.2 Å². The molecule has 9 nitrogen and oxygen atoms in total. The molecule has 4 heterocycles. The summed E-state index contributed by atoms with van der Waals surface area (Å²) in [6, 6.07) is 6.26. The van der Waals surface area contributed by atoms with Crippen LogP contribution in [0.3, 0.4) is 0 Å². The lowest BCUT2D eigenvalue weighted by Gasteiger charge is -2.42. The normalized spacial score (nSPS) is 19.2. The van der Waals surface area contributed by atoms with Crippen molar-refractivity contribution < 1.29 is 19.3 Å². The number of aromatic nitrogens is 3. The summed E-state index contributed by atoms with van der Waals surface area (Å²) in [4.78, 5) is 2.41. The van der Waals surface area contributed by atoms with E-state index < -0.39 is 0 Å². The Bertz CT molecular complexity index is 1190. The lowest BCUT2D eigenvalue weighted by atomic mass is 9.82. The van der Waals surface area contributed by atoms with E-state index in [1.54, 1.807) is 13.3 Å². The van der Waals surface area contributed by atoms with E-state index in [0.717, 1.165) is 47.6 Å². The second-order valence-electron chi connectivity index (χ2n) is 7.90. The molecule has 0 fully saturated rings. The van der Waals surface area contributed by atoms with Crippen LogP contribution in [-0.2, 0) is 19.4 Å². The van der Waals surface area contributed by atoms with Crippen LogP contribution in [0.15, 0.2) is 36.0 Å². The van der Waals surface area contributed by atoms with Crippen LogP contribution < -0.4 is 14.2 Å². The molecule has 2 aromatic carbocycles. The largest absolute Gasteiger partial charge is 0.504 e. The second kappa shape index (κ2) is 6.98. The fraction of sp³-hybridized carbons (Fsp3) is 0.318. The number of benzene rings is 2. The Labute approximate surface area is 178 Å². The highest BCUT2D eigenvalue weighted by atomic mass is 16.7. The van der Waals surface area contributed by atoms with Gasteiger partial charge in [0.1, 0.15) is 12.7 Å². The smallest absolute Gasteiger partial charge is 0.231 e. The minimum absolute atomic E-state index is 0.195. The van der Waals surface area contributed by atoms with Crippen molar-refractivity contribution in [2.24, 2.45) is 5.10 Å². The van der Waals surface area contributed by atoms with Crippen LogP contribution in [0.2, 0.25) is 0 Å². The zero-order valence-electron chi connectivity index (χ0n) is 17.0. The molecule has 9 heteroatoms. The zero-order valence-corrected chi connectivity index (χ0v) is 17.0. The summed E-state index contributed by atoms with van der Waals surface area (Å²) < 4.78 is 18.2. The lowest BCUT2D eigenvalue weighted by Crippen LogP contribution is -2.39. The van der Waals surface area contributed by atoms with Gasteiger partial charge < -0.3 is 19.3 Å². The molecule has 1 atom stereocenters. The number of hydrogen-bond donors (Lipinski definition) is 1. The van der Waals surface area contributed by atoms with E-state index in [2.05, 4.69) is 32.3 Å². The van der Waals surface area contributed by atoms with E-state index in [9.17, 15) is 5.11 Å². The molecule has 3 aliphatic rings. The molecule has 0 radical (unpaired) electrons. The van der Waals surface area contributed by atoms with E-state index in [0.29, 0.717) is 12.3 Å². The molecule has 31 heavy (non-hydrogen) atoms. The highest BCUT2D eigenvalue weighted by molar-refractivity contribution is 5.84. The van der Waals surface area contributed by atoms with Crippen molar-refractivity contribution in [1.29, 1.82) is 0 Å². The van der Waals surface area contributed by atoms with Crippen molar-refractivity contribution in [3.8, 4) is 23.0 Å². The number of aromatic hydroxyl groups is 1. The first-order valence-corrected chi connectivity index (χ1v) is 10.2. The predicted octanol–water partition coefficient (Wildman–Crippen LogP) is 2.26. The minimum atomic E-state index is 0.195. The molecule has 158 valence electrons. The van der Waals surface area contributed by atoms with Gasteiger partial charge in [-0.15, -0.1) is 10.2 Å². The molecule has 0 bridgehead atoms. The average Bonchev–Trinajstić information content (AvgIpc) is 3.48. The molecule has 1 unspecified atom stereocenters. The summed E-state index contributed by atoms with van der Waals surface area (Å²) in [5.74, 6) is 2.28. The number of phenols is 1. The Kier molecular flexibility index (Phi) is 4.10. The molecule has 0 saturated carbocycles. The SMILES string of the molecule is COc1cc(/C=N/n2cnnc2)c2c(c1O)CN1CCc3cc4c(cc3C1C2)OCO4. The molecule has 1 aromatic heterocycles. The Balaban J connectivity index is 1.44. The topological polar surface area (TPSA) is 94.2 Å². The maximum Gasteiger partial charge on any atom is 0.231 e. The third-order valence-electron chi connectivity index (χ3n) is 6.34. The Morgan fingerprint density at radius 3 is 2.77 bits per heavy atom. The van der Waals surface area contributed by atoms with Crippen molar-refractivity contribution in [1.82, 2.24) is 19.8 Å². The van der Waals surface area contributed by atoms with Gasteiger partial charge >= 0.3 is 0 Å². The second-order valence-corrected chi connectivity index (χ2v) is 7.90. The molecule has 0 aliphatic carbocycles. The predicted molar refractivity (Wildman–Crippen MR) is 111 cm³/mol. The first kappa shape index (κ1) is 18.2. The first-order valence-electron chi connectivity index (χ1n) is 10.2. The molecule has 0 saturated heterocycles. The third-order valence-corrected chi connectivity index (χ3v) is 6.34. The number of rotatable bonds is 3. The highest BCUT2D eigenvalue weighted by Crippen LogP contribution is 2.47. The summed E-state index contributed by atoms with van der Waals surface area (Å²) in [6.07, 6.45) is 6.52. The van der Waals surface area contributed by atoms with Gasteiger partial charge in [-0.2, -0.15) is 5.10 Å². The summed E-state index contributed by atoms with van der Waals surface area (Å²) in [6.45, 7) is 1.83. The van der Waals surface area contributed by atoms with Crippen LogP contribution in [0, 0.1) is 0 Å². The molecule has 1 N–H and O–H groups in total. The Morgan fingerprint density at radius 2 is 1.97 bits per heavy atom. The van der Waals surface area contributed by atoms with E-state index in [1.165, 1.54) is 28.5 Å². The number of ether oxygens (including phenoxy) is 3. The molecule has 3 aliphatic heterocycles. The van der Waals surface area contributed by atoms with Gasteiger partial charge in [0, 0.05) is 30.3 Å². The van der Waals surface area contributed by atoms with Crippen LogP contribution in [-0.4, -0.2) is 51.5 Å². The van der Waals surface area contributed by atoms with Crippen molar-refractivity contribution in [3.05, 3.63) is 58.7 Å². The van der Waals surface area contributed by atoms with Gasteiger partial charge in [0.2, 0.25) is 6.79 Å². The molecule has 0 amide bonds. The first-order chi connectivity index (χ1) is 15.2. The van der Waals surface area contributed by atoms with Crippen molar-refractivity contribution >= 4 is 6.21 Å². The van der Waals surface area contributed by atoms with E-state index >= 15 is 0 Å².